The standard InChI is InChI=1S/C15H12O8/c16-8-6-9-10(12(18)11(8)17)13(19)14(20,21)15(22,23-9)7-4-2-1-3-5-7/h1-6,16-18,20-22H. The van der Waals surface area contributed by atoms with Crippen molar-refractivity contribution in [1.29, 1.82) is 0 Å². The first-order valence-corrected chi connectivity index (χ1v) is 6.44. The summed E-state index contributed by atoms with van der Waals surface area (Å²) in [6.45, 7) is 0. The zero-order chi connectivity index (χ0) is 17.0. The van der Waals surface area contributed by atoms with Gasteiger partial charge < -0.3 is 35.4 Å². The van der Waals surface area contributed by atoms with Crippen molar-refractivity contribution >= 4 is 5.78 Å². The highest BCUT2D eigenvalue weighted by Gasteiger charge is 2.62. The third-order valence-electron chi connectivity index (χ3n) is 3.66. The van der Waals surface area contributed by atoms with Crippen LogP contribution in [0.5, 0.6) is 23.0 Å². The average Bonchev–Trinajstić information content (AvgIpc) is 2.52. The second-order valence-electron chi connectivity index (χ2n) is 5.08. The number of Topliss-reactive ketones (excluding diaryl/α,β-unsaturated/α-hetero) is 1. The molecule has 0 aliphatic carbocycles. The van der Waals surface area contributed by atoms with Crippen LogP contribution in [0.2, 0.25) is 0 Å². The Morgan fingerprint density at radius 3 is 2.13 bits per heavy atom. The zero-order valence-electron chi connectivity index (χ0n) is 11.5. The molecule has 1 heterocycles. The van der Waals surface area contributed by atoms with Gasteiger partial charge in [-0.2, -0.15) is 0 Å². The number of ether oxygens (including phenoxy) is 1. The quantitative estimate of drug-likeness (QED) is 0.315. The SMILES string of the molecule is O=C1c2c(cc(O)c(O)c2O)OC(O)(c2ccccc2)C1(O)O. The highest BCUT2D eigenvalue weighted by Crippen LogP contribution is 2.51. The number of benzene rings is 2. The minimum atomic E-state index is -3.44. The number of phenols is 3. The number of hydrogen-bond donors (Lipinski definition) is 6. The molecule has 120 valence electrons. The maximum Gasteiger partial charge on any atom is 0.301 e. The lowest BCUT2D eigenvalue weighted by Gasteiger charge is -2.42. The fourth-order valence-corrected chi connectivity index (χ4v) is 2.40. The first kappa shape index (κ1) is 15.1. The van der Waals surface area contributed by atoms with E-state index in [4.69, 9.17) is 4.74 Å². The van der Waals surface area contributed by atoms with E-state index in [1.807, 2.05) is 0 Å². The molecule has 23 heavy (non-hydrogen) atoms. The molecule has 8 nitrogen and oxygen atoms in total. The van der Waals surface area contributed by atoms with E-state index >= 15 is 0 Å². The number of hydrogen-bond acceptors (Lipinski definition) is 8. The third-order valence-corrected chi connectivity index (χ3v) is 3.66. The summed E-state index contributed by atoms with van der Waals surface area (Å²) >= 11 is 0. The summed E-state index contributed by atoms with van der Waals surface area (Å²) < 4.78 is 5.11. The van der Waals surface area contributed by atoms with Gasteiger partial charge in [0.05, 0.1) is 0 Å². The van der Waals surface area contributed by atoms with Gasteiger partial charge in [0.2, 0.25) is 11.5 Å². The predicted molar refractivity (Wildman–Crippen MR) is 73.9 cm³/mol. The number of rotatable bonds is 1. The maximum absolute atomic E-state index is 12.3. The van der Waals surface area contributed by atoms with Gasteiger partial charge in [-0.15, -0.1) is 0 Å². The van der Waals surface area contributed by atoms with E-state index in [0.717, 1.165) is 6.07 Å². The van der Waals surface area contributed by atoms with Crippen molar-refractivity contribution in [3.63, 3.8) is 0 Å². The number of fused-ring (bicyclic) bond motifs is 1. The molecule has 0 bridgehead atoms. The molecule has 8 heteroatoms. The van der Waals surface area contributed by atoms with E-state index in [-0.39, 0.29) is 5.56 Å². The van der Waals surface area contributed by atoms with Gasteiger partial charge in [-0.1, -0.05) is 30.3 Å². The number of carbonyl (C=O) groups excluding carboxylic acids is 1. The first-order chi connectivity index (χ1) is 10.7. The van der Waals surface area contributed by atoms with Crippen LogP contribution in [0.25, 0.3) is 0 Å². The second-order valence-corrected chi connectivity index (χ2v) is 5.08. The Balaban J connectivity index is 2.28. The number of aromatic hydroxyl groups is 3. The van der Waals surface area contributed by atoms with Crippen LogP contribution in [0.3, 0.4) is 0 Å². The van der Waals surface area contributed by atoms with Crippen LogP contribution in [-0.2, 0) is 5.79 Å². The minimum Gasteiger partial charge on any atom is -0.504 e. The summed E-state index contributed by atoms with van der Waals surface area (Å²) in [5, 5.41) is 59.5. The van der Waals surface area contributed by atoms with Crippen LogP contribution in [0.15, 0.2) is 36.4 Å². The molecule has 0 saturated heterocycles. The number of phenolic OH excluding ortho intramolecular Hbond substituents is 3. The van der Waals surface area contributed by atoms with Crippen molar-refractivity contribution in [3.05, 3.63) is 47.5 Å². The monoisotopic (exact) mass is 320 g/mol. The highest BCUT2D eigenvalue weighted by atomic mass is 16.7. The van der Waals surface area contributed by atoms with Crippen LogP contribution >= 0.6 is 0 Å². The summed E-state index contributed by atoms with van der Waals surface area (Å²) in [4.78, 5) is 12.3. The van der Waals surface area contributed by atoms with Gasteiger partial charge in [0, 0.05) is 11.6 Å². The summed E-state index contributed by atoms with van der Waals surface area (Å²) in [5.41, 5.74) is -0.915. The molecule has 0 amide bonds. The molecule has 2 aromatic carbocycles. The van der Waals surface area contributed by atoms with Crippen molar-refractivity contribution < 1.29 is 40.2 Å². The maximum atomic E-state index is 12.3. The molecule has 6 N–H and O–H groups in total. The Labute approximate surface area is 129 Å². The van der Waals surface area contributed by atoms with Gasteiger partial charge in [0.25, 0.3) is 5.79 Å². The predicted octanol–water partition coefficient (Wildman–Crippen LogP) is -0.0953. The molecule has 0 aromatic heterocycles. The van der Waals surface area contributed by atoms with Gasteiger partial charge in [-0.3, -0.25) is 4.79 Å². The zero-order valence-corrected chi connectivity index (χ0v) is 11.5. The lowest BCUT2D eigenvalue weighted by molar-refractivity contribution is -0.328. The third kappa shape index (κ3) is 1.86. The Bertz CT molecular complexity index is 799. The first-order valence-electron chi connectivity index (χ1n) is 6.44. The topological polar surface area (TPSA) is 148 Å². The van der Waals surface area contributed by atoms with Crippen molar-refractivity contribution in [2.24, 2.45) is 0 Å². The molecule has 0 fully saturated rings. The number of aliphatic hydroxyl groups is 3. The summed E-state index contributed by atoms with van der Waals surface area (Å²) in [7, 11) is 0. The van der Waals surface area contributed by atoms with Gasteiger partial charge in [0.15, 0.2) is 11.5 Å². The van der Waals surface area contributed by atoms with Crippen molar-refractivity contribution in [2.75, 3.05) is 0 Å². The fraction of sp³-hybridized carbons (Fsp3) is 0.133. The molecule has 0 radical (unpaired) electrons. The molecule has 1 aliphatic heterocycles. The number of ketones is 1. The molecule has 2 aromatic rings. The summed E-state index contributed by atoms with van der Waals surface area (Å²) in [5.74, 6) is -11.3. The van der Waals surface area contributed by atoms with Gasteiger partial charge in [0.1, 0.15) is 11.3 Å². The molecule has 3 rings (SSSR count). The van der Waals surface area contributed by atoms with E-state index in [2.05, 4.69) is 0 Å². The van der Waals surface area contributed by atoms with Gasteiger partial charge in [-0.05, 0) is 0 Å². The van der Waals surface area contributed by atoms with E-state index < -0.39 is 45.9 Å². The smallest absolute Gasteiger partial charge is 0.301 e. The van der Waals surface area contributed by atoms with Crippen LogP contribution < -0.4 is 4.74 Å². The van der Waals surface area contributed by atoms with Crippen LogP contribution in [-0.4, -0.2) is 42.2 Å². The molecule has 1 aliphatic rings. The minimum absolute atomic E-state index is 0.143. The molecule has 0 spiro atoms. The average molecular weight is 320 g/mol. The number of carbonyl (C=O) groups is 1. The van der Waals surface area contributed by atoms with E-state index in [1.165, 1.54) is 24.3 Å². The van der Waals surface area contributed by atoms with Crippen molar-refractivity contribution in [1.82, 2.24) is 0 Å². The molecule has 0 saturated carbocycles. The normalized spacial score (nSPS) is 22.3. The van der Waals surface area contributed by atoms with E-state index in [1.54, 1.807) is 6.07 Å². The lowest BCUT2D eigenvalue weighted by atomic mass is 9.86. The Morgan fingerprint density at radius 1 is 0.913 bits per heavy atom. The Morgan fingerprint density at radius 2 is 1.52 bits per heavy atom. The van der Waals surface area contributed by atoms with Crippen LogP contribution in [0, 0.1) is 0 Å². The largest absolute Gasteiger partial charge is 0.504 e. The van der Waals surface area contributed by atoms with Crippen LogP contribution in [0.1, 0.15) is 15.9 Å². The molecule has 1 atom stereocenters. The molecule has 1 unspecified atom stereocenters. The Kier molecular flexibility index (Phi) is 3.01. The van der Waals surface area contributed by atoms with Crippen LogP contribution in [0.4, 0.5) is 0 Å². The molecular weight excluding hydrogens is 308 g/mol. The molecular formula is C15H12O8. The fourth-order valence-electron chi connectivity index (χ4n) is 2.40. The summed E-state index contributed by atoms with van der Waals surface area (Å²) in [6, 6.07) is 7.89. The summed E-state index contributed by atoms with van der Waals surface area (Å²) in [6.07, 6.45) is 0. The van der Waals surface area contributed by atoms with Gasteiger partial charge >= 0.3 is 5.79 Å². The highest BCUT2D eigenvalue weighted by molar-refractivity contribution is 6.08. The van der Waals surface area contributed by atoms with Crippen molar-refractivity contribution in [2.45, 2.75) is 11.6 Å². The van der Waals surface area contributed by atoms with Crippen molar-refractivity contribution in [3.8, 4) is 23.0 Å². The van der Waals surface area contributed by atoms with E-state index in [0.29, 0.717) is 0 Å². The van der Waals surface area contributed by atoms with Gasteiger partial charge in [-0.25, -0.2) is 0 Å². The Hall–Kier alpha value is -2.81. The van der Waals surface area contributed by atoms with E-state index in [9.17, 15) is 35.4 Å². The lowest BCUT2D eigenvalue weighted by Crippen LogP contribution is -2.62. The second kappa shape index (κ2) is 4.59.